The number of halogens is 1. The molecular formula is C31H30BClN2O4. The highest BCUT2D eigenvalue weighted by Crippen LogP contribution is 2.44. The molecule has 1 aliphatic heterocycles. The van der Waals surface area contributed by atoms with Crippen LogP contribution in [-0.2, 0) is 14.0 Å². The fourth-order valence-electron chi connectivity index (χ4n) is 4.94. The molecule has 0 radical (unpaired) electrons. The topological polar surface area (TPSA) is 80.6 Å². The number of rotatable bonds is 6. The summed E-state index contributed by atoms with van der Waals surface area (Å²) in [5.74, 6) is -0.0335. The van der Waals surface area contributed by atoms with Gasteiger partial charge in [-0.05, 0) is 79.2 Å². The van der Waals surface area contributed by atoms with E-state index in [1.54, 1.807) is 24.3 Å². The van der Waals surface area contributed by atoms with Gasteiger partial charge >= 0.3 is 13.2 Å². The van der Waals surface area contributed by atoms with Gasteiger partial charge < -0.3 is 19.4 Å². The third kappa shape index (κ3) is 5.33. The Kier molecular flexibility index (Phi) is 7.30. The lowest BCUT2D eigenvalue weighted by atomic mass is 9.77. The summed E-state index contributed by atoms with van der Waals surface area (Å²) in [4.78, 5) is 12.9. The van der Waals surface area contributed by atoms with Gasteiger partial charge in [0.25, 0.3) is 0 Å². The Labute approximate surface area is 234 Å². The zero-order valence-corrected chi connectivity index (χ0v) is 23.2. The second-order valence-corrected chi connectivity index (χ2v) is 11.2. The first kappa shape index (κ1) is 27.0. The molecule has 0 bridgehead atoms. The van der Waals surface area contributed by atoms with Crippen molar-refractivity contribution >= 4 is 30.9 Å². The molecule has 1 aliphatic carbocycles. The first-order chi connectivity index (χ1) is 18.6. The molecule has 0 spiro atoms. The Hall–Kier alpha value is -3.57. The van der Waals surface area contributed by atoms with E-state index in [1.165, 1.54) is 11.1 Å². The van der Waals surface area contributed by atoms with Gasteiger partial charge in [0, 0.05) is 17.5 Å². The summed E-state index contributed by atoms with van der Waals surface area (Å²) in [5.41, 5.74) is 5.26. The Bertz CT molecular complexity index is 1430. The Balaban J connectivity index is 1.33. The third-order valence-electron chi connectivity index (χ3n) is 7.80. The summed E-state index contributed by atoms with van der Waals surface area (Å²) < 4.78 is 18.2. The molecule has 6 nitrogen and oxygen atoms in total. The van der Waals surface area contributed by atoms with Crippen LogP contribution in [0.25, 0.3) is 17.2 Å². The zero-order chi connectivity index (χ0) is 27.8. The first-order valence-corrected chi connectivity index (χ1v) is 13.3. The van der Waals surface area contributed by atoms with E-state index in [1.807, 2.05) is 52.0 Å². The van der Waals surface area contributed by atoms with Gasteiger partial charge in [0.15, 0.2) is 0 Å². The van der Waals surface area contributed by atoms with Crippen molar-refractivity contribution < 1.29 is 18.8 Å². The number of nitriles is 1. The fourth-order valence-corrected chi connectivity index (χ4v) is 5.12. The quantitative estimate of drug-likeness (QED) is 0.349. The van der Waals surface area contributed by atoms with E-state index in [0.717, 1.165) is 11.1 Å². The zero-order valence-electron chi connectivity index (χ0n) is 22.5. The summed E-state index contributed by atoms with van der Waals surface area (Å²) in [6.45, 7) is 8.19. The predicted octanol–water partition coefficient (Wildman–Crippen LogP) is 6.77. The molecule has 1 amide bonds. The number of amides is 1. The fraction of sp³-hybridized carbons (Fsp3) is 0.290. The number of alkyl carbamates (subject to hydrolysis) is 1. The van der Waals surface area contributed by atoms with Crippen molar-refractivity contribution in [1.29, 1.82) is 5.26 Å². The van der Waals surface area contributed by atoms with Crippen molar-refractivity contribution in [3.8, 4) is 17.2 Å². The summed E-state index contributed by atoms with van der Waals surface area (Å²) in [7, 11) is -0.717. The Morgan fingerprint density at radius 2 is 1.62 bits per heavy atom. The van der Waals surface area contributed by atoms with E-state index in [0.29, 0.717) is 21.6 Å². The average molecular weight is 541 g/mol. The van der Waals surface area contributed by atoms with E-state index in [9.17, 15) is 10.1 Å². The van der Waals surface area contributed by atoms with E-state index in [2.05, 4.69) is 35.7 Å². The van der Waals surface area contributed by atoms with Crippen molar-refractivity contribution in [3.63, 3.8) is 0 Å². The van der Waals surface area contributed by atoms with Crippen LogP contribution in [0.15, 0.2) is 72.2 Å². The molecule has 1 fully saturated rings. The standard InChI is InChI=1S/C31H30BClN2O4/c1-30(2)31(3,4)39-32(38-30)22(16-21-15-20(17-34)13-14-28(21)33)18-35-29(36)37-19-27-25-11-7-5-9-23(25)24-10-6-8-12-26(24)27/h5-16,27H,18-19H2,1-4H3,(H,35,36). The summed E-state index contributed by atoms with van der Waals surface area (Å²) in [6, 6.07) is 23.6. The number of nitrogens with zero attached hydrogens (tertiary/aromatic N) is 1. The van der Waals surface area contributed by atoms with Crippen LogP contribution in [0.3, 0.4) is 0 Å². The van der Waals surface area contributed by atoms with Crippen molar-refractivity contribution in [3.05, 3.63) is 99.5 Å². The molecule has 0 unspecified atom stereocenters. The highest BCUT2D eigenvalue weighted by Gasteiger charge is 2.52. The summed E-state index contributed by atoms with van der Waals surface area (Å²) >= 11 is 6.44. The molecule has 2 aliphatic rings. The molecule has 1 saturated heterocycles. The third-order valence-corrected chi connectivity index (χ3v) is 8.15. The predicted molar refractivity (Wildman–Crippen MR) is 153 cm³/mol. The van der Waals surface area contributed by atoms with Gasteiger partial charge in [-0.2, -0.15) is 5.26 Å². The van der Waals surface area contributed by atoms with Crippen LogP contribution in [0.5, 0.6) is 0 Å². The van der Waals surface area contributed by atoms with E-state index < -0.39 is 24.4 Å². The smallest absolute Gasteiger partial charge is 0.449 e. The largest absolute Gasteiger partial charge is 0.492 e. The molecule has 8 heteroatoms. The number of hydrogen-bond acceptors (Lipinski definition) is 5. The number of nitrogens with one attached hydrogen (secondary N) is 1. The molecule has 5 rings (SSSR count). The van der Waals surface area contributed by atoms with Gasteiger partial charge in [0.2, 0.25) is 0 Å². The van der Waals surface area contributed by atoms with Crippen molar-refractivity contribution in [1.82, 2.24) is 5.32 Å². The number of ether oxygens (including phenoxy) is 1. The normalized spacial score (nSPS) is 17.3. The maximum atomic E-state index is 12.9. The second-order valence-electron chi connectivity index (χ2n) is 10.8. The number of carbonyl (C=O) groups excluding carboxylic acids is 1. The monoisotopic (exact) mass is 540 g/mol. The molecular weight excluding hydrogens is 511 g/mol. The molecule has 198 valence electrons. The second kappa shape index (κ2) is 10.5. The maximum Gasteiger partial charge on any atom is 0.492 e. The molecule has 0 atom stereocenters. The lowest BCUT2D eigenvalue weighted by Gasteiger charge is -2.32. The van der Waals surface area contributed by atoms with Crippen LogP contribution in [0.4, 0.5) is 4.79 Å². The number of benzene rings is 3. The number of fused-ring (bicyclic) bond motifs is 3. The molecule has 1 N–H and O–H groups in total. The Morgan fingerprint density at radius 3 is 2.21 bits per heavy atom. The molecule has 0 aromatic heterocycles. The van der Waals surface area contributed by atoms with Crippen LogP contribution in [-0.4, -0.2) is 37.6 Å². The van der Waals surface area contributed by atoms with Gasteiger partial charge in [0.1, 0.15) is 6.61 Å². The van der Waals surface area contributed by atoms with Crippen molar-refractivity contribution in [2.24, 2.45) is 0 Å². The van der Waals surface area contributed by atoms with E-state index in [4.69, 9.17) is 25.6 Å². The van der Waals surface area contributed by atoms with Crippen molar-refractivity contribution in [2.45, 2.75) is 44.8 Å². The SMILES string of the molecule is CC1(C)OB(C(=Cc2cc(C#N)ccc2Cl)CNC(=O)OCC2c3ccccc3-c3ccccc32)OC1(C)C. The lowest BCUT2D eigenvalue weighted by molar-refractivity contribution is 0.00578. The van der Waals surface area contributed by atoms with Crippen LogP contribution < -0.4 is 5.32 Å². The summed E-state index contributed by atoms with van der Waals surface area (Å²) in [6.07, 6.45) is 1.26. The molecule has 1 heterocycles. The maximum absolute atomic E-state index is 12.9. The van der Waals surface area contributed by atoms with Crippen LogP contribution >= 0.6 is 11.6 Å². The molecule has 0 saturated carbocycles. The molecule has 3 aromatic rings. The van der Waals surface area contributed by atoms with E-state index in [-0.39, 0.29) is 19.1 Å². The minimum Gasteiger partial charge on any atom is -0.449 e. The van der Waals surface area contributed by atoms with Crippen LogP contribution in [0.2, 0.25) is 5.02 Å². The minimum absolute atomic E-state index is 0.0335. The highest BCUT2D eigenvalue weighted by molar-refractivity contribution is 6.56. The van der Waals surface area contributed by atoms with Crippen LogP contribution in [0.1, 0.15) is 55.9 Å². The first-order valence-electron chi connectivity index (χ1n) is 12.9. The van der Waals surface area contributed by atoms with Gasteiger partial charge in [-0.1, -0.05) is 66.2 Å². The van der Waals surface area contributed by atoms with Gasteiger partial charge in [0.05, 0.1) is 22.8 Å². The van der Waals surface area contributed by atoms with E-state index >= 15 is 0 Å². The average Bonchev–Trinajstić information content (AvgIpc) is 3.35. The summed E-state index contributed by atoms with van der Waals surface area (Å²) in [5, 5.41) is 12.7. The number of hydrogen-bond donors (Lipinski definition) is 1. The molecule has 39 heavy (non-hydrogen) atoms. The van der Waals surface area contributed by atoms with Crippen LogP contribution in [0, 0.1) is 11.3 Å². The highest BCUT2D eigenvalue weighted by atomic mass is 35.5. The number of carbonyl (C=O) groups is 1. The van der Waals surface area contributed by atoms with Gasteiger partial charge in [-0.3, -0.25) is 0 Å². The minimum atomic E-state index is -0.717. The molecule has 3 aromatic carbocycles. The Morgan fingerprint density at radius 1 is 1.03 bits per heavy atom. The van der Waals surface area contributed by atoms with Gasteiger partial charge in [-0.25, -0.2) is 4.79 Å². The van der Waals surface area contributed by atoms with Gasteiger partial charge in [-0.15, -0.1) is 0 Å². The van der Waals surface area contributed by atoms with Crippen molar-refractivity contribution in [2.75, 3.05) is 13.2 Å². The lowest BCUT2D eigenvalue weighted by Crippen LogP contribution is -2.41.